The molecule has 8 nitrogen and oxygen atoms in total. The van der Waals surface area contributed by atoms with E-state index in [1.54, 1.807) is 12.1 Å². The number of halogens is 1. The molecular weight excluding hydrogens is 386 g/mol. The lowest BCUT2D eigenvalue weighted by atomic mass is 9.79. The summed E-state index contributed by atoms with van der Waals surface area (Å²) in [6, 6.07) is 3.40. The number of benzene rings is 1. The van der Waals surface area contributed by atoms with Crippen molar-refractivity contribution in [3.8, 4) is 11.5 Å². The van der Waals surface area contributed by atoms with Gasteiger partial charge in [-0.25, -0.2) is 5.43 Å². The molecule has 0 aromatic heterocycles. The van der Waals surface area contributed by atoms with Crippen LogP contribution in [0.15, 0.2) is 12.1 Å². The zero-order valence-corrected chi connectivity index (χ0v) is 16.4. The third kappa shape index (κ3) is 3.90. The molecule has 28 heavy (non-hydrogen) atoms. The van der Waals surface area contributed by atoms with Crippen molar-refractivity contribution in [1.82, 2.24) is 16.2 Å². The van der Waals surface area contributed by atoms with Crippen LogP contribution in [0.3, 0.4) is 0 Å². The molecule has 3 aliphatic rings. The number of hydrogen-bond donors (Lipinski definition) is 3. The second-order valence-corrected chi connectivity index (χ2v) is 7.82. The van der Waals surface area contributed by atoms with E-state index in [9.17, 15) is 9.59 Å². The Hall–Kier alpha value is -2.03. The Morgan fingerprint density at radius 2 is 2.07 bits per heavy atom. The van der Waals surface area contributed by atoms with Crippen LogP contribution in [0.5, 0.6) is 11.5 Å². The van der Waals surface area contributed by atoms with Crippen molar-refractivity contribution < 1.29 is 23.8 Å². The Kier molecular flexibility index (Phi) is 5.61. The average Bonchev–Trinajstić information content (AvgIpc) is 3.10. The topological polar surface area (TPSA) is 97.9 Å². The van der Waals surface area contributed by atoms with Gasteiger partial charge in [0.25, 0.3) is 0 Å². The van der Waals surface area contributed by atoms with Crippen LogP contribution in [-0.4, -0.2) is 50.3 Å². The third-order valence-corrected chi connectivity index (χ3v) is 5.87. The first-order chi connectivity index (χ1) is 13.5. The third-order valence-electron chi connectivity index (χ3n) is 5.59. The maximum absolute atomic E-state index is 12.6. The number of ether oxygens (including phenoxy) is 3. The molecule has 1 aliphatic carbocycles. The molecule has 152 valence electrons. The summed E-state index contributed by atoms with van der Waals surface area (Å²) < 4.78 is 15.9. The van der Waals surface area contributed by atoms with Crippen molar-refractivity contribution in [3.63, 3.8) is 0 Å². The lowest BCUT2D eigenvalue weighted by Crippen LogP contribution is -2.46. The number of amides is 1. The van der Waals surface area contributed by atoms with Crippen LogP contribution in [0.2, 0.25) is 5.02 Å². The standard InChI is InChI=1S/C19H24ClN3O5/c1-26-19(25)17-12-9-11(2-3-14(12)22-23-17)21-16(24)8-10-6-13(20)18-15(7-10)27-4-5-28-18/h6-7,11-12,14,17,22-23H,2-5,8-9H2,1H3,(H,21,24). The van der Waals surface area contributed by atoms with Crippen LogP contribution in [0.4, 0.5) is 0 Å². The second kappa shape index (κ2) is 8.14. The van der Waals surface area contributed by atoms with E-state index in [0.29, 0.717) is 29.7 Å². The van der Waals surface area contributed by atoms with Crippen LogP contribution in [0.1, 0.15) is 24.8 Å². The van der Waals surface area contributed by atoms with E-state index in [4.69, 9.17) is 25.8 Å². The molecule has 4 atom stereocenters. The van der Waals surface area contributed by atoms with Crippen LogP contribution in [0.25, 0.3) is 0 Å². The minimum atomic E-state index is -0.383. The van der Waals surface area contributed by atoms with E-state index < -0.39 is 0 Å². The van der Waals surface area contributed by atoms with Crippen molar-refractivity contribution >= 4 is 23.5 Å². The fourth-order valence-corrected chi connectivity index (χ4v) is 4.57. The molecular formula is C19H24ClN3O5. The number of hydrogen-bond acceptors (Lipinski definition) is 7. The summed E-state index contributed by atoms with van der Waals surface area (Å²) in [6.45, 7) is 0.930. The number of fused-ring (bicyclic) bond motifs is 2. The minimum absolute atomic E-state index is 0.0234. The van der Waals surface area contributed by atoms with Gasteiger partial charge >= 0.3 is 5.97 Å². The lowest BCUT2D eigenvalue weighted by molar-refractivity contribution is -0.144. The summed E-state index contributed by atoms with van der Waals surface area (Å²) in [4.78, 5) is 24.5. The van der Waals surface area contributed by atoms with E-state index in [2.05, 4.69) is 16.2 Å². The van der Waals surface area contributed by atoms with Gasteiger partial charge < -0.3 is 19.5 Å². The zero-order chi connectivity index (χ0) is 19.7. The fraction of sp³-hybridized carbons (Fsp3) is 0.579. The van der Waals surface area contributed by atoms with Crippen molar-refractivity contribution in [2.45, 2.75) is 43.8 Å². The average molecular weight is 410 g/mol. The molecule has 2 aliphatic heterocycles. The van der Waals surface area contributed by atoms with E-state index in [1.807, 2.05) is 0 Å². The smallest absolute Gasteiger partial charge is 0.324 e. The Bertz CT molecular complexity index is 774. The lowest BCUT2D eigenvalue weighted by Gasteiger charge is -2.32. The highest BCUT2D eigenvalue weighted by Crippen LogP contribution is 2.38. The molecule has 0 spiro atoms. The highest BCUT2D eigenvalue weighted by Gasteiger charge is 2.44. The molecule has 0 bridgehead atoms. The molecule has 4 rings (SSSR count). The van der Waals surface area contributed by atoms with Crippen LogP contribution < -0.4 is 25.6 Å². The molecule has 1 aromatic carbocycles. The number of rotatable bonds is 4. The van der Waals surface area contributed by atoms with Gasteiger partial charge in [0.05, 0.1) is 18.6 Å². The first-order valence-electron chi connectivity index (χ1n) is 9.51. The molecule has 1 amide bonds. The monoisotopic (exact) mass is 409 g/mol. The van der Waals surface area contributed by atoms with Gasteiger partial charge in [-0.15, -0.1) is 0 Å². The number of nitrogens with one attached hydrogen (secondary N) is 3. The molecule has 1 saturated heterocycles. The first-order valence-corrected chi connectivity index (χ1v) is 9.89. The molecule has 3 N–H and O–H groups in total. The second-order valence-electron chi connectivity index (χ2n) is 7.42. The zero-order valence-electron chi connectivity index (χ0n) is 15.6. The quantitative estimate of drug-likeness (QED) is 0.637. The van der Waals surface area contributed by atoms with Crippen molar-refractivity contribution in [1.29, 1.82) is 0 Å². The van der Waals surface area contributed by atoms with Gasteiger partial charge in [0, 0.05) is 18.0 Å². The molecule has 2 fully saturated rings. The molecule has 2 heterocycles. The SMILES string of the molecule is COC(=O)C1NNC2CCC(NC(=O)Cc3cc(Cl)c4c(c3)OCCO4)CC21. The van der Waals surface area contributed by atoms with Crippen LogP contribution in [0, 0.1) is 5.92 Å². The van der Waals surface area contributed by atoms with Gasteiger partial charge in [-0.2, -0.15) is 0 Å². The summed E-state index contributed by atoms with van der Waals surface area (Å²) in [7, 11) is 1.39. The summed E-state index contributed by atoms with van der Waals surface area (Å²) in [5.74, 6) is 0.842. The molecule has 1 saturated carbocycles. The Balaban J connectivity index is 1.36. The van der Waals surface area contributed by atoms with Gasteiger partial charge in [-0.3, -0.25) is 15.0 Å². The number of hydrazine groups is 1. The van der Waals surface area contributed by atoms with Crippen molar-refractivity contribution in [2.75, 3.05) is 20.3 Å². The normalized spacial score (nSPS) is 28.4. The van der Waals surface area contributed by atoms with Gasteiger partial charge in [-0.1, -0.05) is 11.6 Å². The van der Waals surface area contributed by atoms with Gasteiger partial charge in [0.2, 0.25) is 5.91 Å². The summed E-state index contributed by atoms with van der Waals surface area (Å²) in [5, 5.41) is 3.54. The van der Waals surface area contributed by atoms with E-state index in [1.165, 1.54) is 7.11 Å². The maximum atomic E-state index is 12.6. The fourth-order valence-electron chi connectivity index (χ4n) is 4.28. The van der Waals surface area contributed by atoms with Gasteiger partial charge in [0.1, 0.15) is 19.3 Å². The molecule has 4 unspecified atom stereocenters. The van der Waals surface area contributed by atoms with Crippen LogP contribution >= 0.6 is 11.6 Å². The highest BCUT2D eigenvalue weighted by molar-refractivity contribution is 6.32. The Morgan fingerprint density at radius 1 is 1.25 bits per heavy atom. The van der Waals surface area contributed by atoms with E-state index in [-0.39, 0.29) is 42.3 Å². The van der Waals surface area contributed by atoms with E-state index >= 15 is 0 Å². The number of esters is 1. The van der Waals surface area contributed by atoms with Gasteiger partial charge in [0.15, 0.2) is 11.5 Å². The van der Waals surface area contributed by atoms with Crippen molar-refractivity contribution in [2.24, 2.45) is 5.92 Å². The molecule has 1 aromatic rings. The summed E-state index contributed by atoms with van der Waals surface area (Å²) >= 11 is 6.25. The van der Waals surface area contributed by atoms with E-state index in [0.717, 1.165) is 24.8 Å². The summed E-state index contributed by atoms with van der Waals surface area (Å²) in [5.41, 5.74) is 6.96. The highest BCUT2D eigenvalue weighted by atomic mass is 35.5. The Morgan fingerprint density at radius 3 is 2.89 bits per heavy atom. The Labute approximate surface area is 168 Å². The van der Waals surface area contributed by atoms with Crippen LogP contribution in [-0.2, 0) is 20.7 Å². The first kappa shape index (κ1) is 19.3. The largest absolute Gasteiger partial charge is 0.486 e. The predicted molar refractivity (Wildman–Crippen MR) is 101 cm³/mol. The maximum Gasteiger partial charge on any atom is 0.324 e. The van der Waals surface area contributed by atoms with Crippen molar-refractivity contribution in [3.05, 3.63) is 22.7 Å². The molecule has 0 radical (unpaired) electrons. The molecule has 9 heteroatoms. The van der Waals surface area contributed by atoms with Gasteiger partial charge in [-0.05, 0) is 37.0 Å². The number of methoxy groups -OCH3 is 1. The predicted octanol–water partition coefficient (Wildman–Crippen LogP) is 0.957. The number of carbonyl (C=O) groups is 2. The minimum Gasteiger partial charge on any atom is -0.486 e. The summed E-state index contributed by atoms with van der Waals surface area (Å²) in [6.07, 6.45) is 2.67. The number of carbonyl (C=O) groups excluding carboxylic acids is 2.